The van der Waals surface area contributed by atoms with Gasteiger partial charge in [-0.2, -0.15) is 0 Å². The maximum atomic E-state index is 10.0. The first kappa shape index (κ1) is 7.90. The second kappa shape index (κ2) is 3.85. The van der Waals surface area contributed by atoms with E-state index in [2.05, 4.69) is 0 Å². The average molecular weight is 132 g/mol. The fourth-order valence-electron chi connectivity index (χ4n) is 0.322. The van der Waals surface area contributed by atoms with Crippen molar-refractivity contribution < 1.29 is 14.7 Å². The zero-order valence-corrected chi connectivity index (χ0v) is 4.70. The van der Waals surface area contributed by atoms with Crippen LogP contribution in [0.4, 0.5) is 0 Å². The van der Waals surface area contributed by atoms with E-state index in [1.165, 1.54) is 0 Å². The second-order valence-electron chi connectivity index (χ2n) is 1.41. The lowest BCUT2D eigenvalue weighted by Crippen LogP contribution is -2.41. The molecule has 0 aliphatic carbocycles. The van der Waals surface area contributed by atoms with E-state index in [0.717, 1.165) is 0 Å². The summed E-state index contributed by atoms with van der Waals surface area (Å²) in [5.74, 6) is -1.12. The number of rotatable bonds is 4. The Morgan fingerprint density at radius 3 is 2.56 bits per heavy atom. The molecule has 0 bridgehead atoms. The van der Waals surface area contributed by atoms with E-state index in [9.17, 15) is 9.59 Å². The molecule has 9 heavy (non-hydrogen) atoms. The van der Waals surface area contributed by atoms with Crippen LogP contribution in [0, 0.1) is 0 Å². The summed E-state index contributed by atoms with van der Waals surface area (Å²) >= 11 is 0. The predicted octanol–water partition coefficient (Wildman–Crippen LogP) is -1.86. The highest BCUT2D eigenvalue weighted by atomic mass is 16.4. The number of carbonyl (C=O) groups excluding carboxylic acids is 1. The Hall–Kier alpha value is -1.10. The molecule has 0 aliphatic heterocycles. The van der Waals surface area contributed by atoms with Crippen molar-refractivity contribution in [3.63, 3.8) is 0 Å². The molecule has 1 atom stereocenters. The van der Waals surface area contributed by atoms with Crippen LogP contribution in [0.2, 0.25) is 0 Å². The second-order valence-corrected chi connectivity index (χ2v) is 1.41. The number of nitrogens with two attached hydrogens (primary N) is 1. The third-order valence-electron chi connectivity index (χ3n) is 0.803. The number of carbonyl (C=O) groups is 2. The molecule has 0 heterocycles. The monoisotopic (exact) mass is 132 g/mol. The third kappa shape index (κ3) is 2.65. The Bertz CT molecular complexity index is 114. The molecule has 0 saturated carbocycles. The van der Waals surface area contributed by atoms with Crippen molar-refractivity contribution >= 4 is 12.4 Å². The van der Waals surface area contributed by atoms with Gasteiger partial charge in [0.05, 0.1) is 0 Å². The van der Waals surface area contributed by atoms with Crippen molar-refractivity contribution in [2.24, 2.45) is 5.73 Å². The van der Waals surface area contributed by atoms with Gasteiger partial charge in [0.2, 0.25) is 6.41 Å². The van der Waals surface area contributed by atoms with Crippen molar-refractivity contribution in [1.29, 1.82) is 0 Å². The fourth-order valence-corrected chi connectivity index (χ4v) is 0.322. The summed E-state index contributed by atoms with van der Waals surface area (Å²) in [5.41, 5.74) is 4.96. The number of hydrogen-bond donors (Lipinski definition) is 3. The van der Waals surface area contributed by atoms with Crippen LogP contribution in [-0.4, -0.2) is 30.1 Å². The summed E-state index contributed by atoms with van der Waals surface area (Å²) in [5, 5.41) is 10.2. The molecule has 0 radical (unpaired) electrons. The minimum atomic E-state index is -1.12. The lowest BCUT2D eigenvalue weighted by atomic mass is 10.3. The molecule has 0 aromatic rings. The fraction of sp³-hybridized carbons (Fsp3) is 0.500. The van der Waals surface area contributed by atoms with Crippen molar-refractivity contribution in [2.75, 3.05) is 6.54 Å². The number of nitrogens with one attached hydrogen (secondary N) is 1. The summed E-state index contributed by atoms with van der Waals surface area (Å²) in [6.07, 6.45) is 0.311. The lowest BCUT2D eigenvalue weighted by Gasteiger charge is -2.05. The number of amides is 1. The Labute approximate surface area is 51.8 Å². The standard InChI is InChI=1S/C4H8N2O3/c5-1-3(4(8)9)6-2-7/h2-3H,1,5H2,(H,6,7)(H,8,9)/t3-/m0/s1. The SMILES string of the molecule is NC[C@H](NC=O)C(=O)O. The molecule has 0 spiro atoms. The van der Waals surface area contributed by atoms with Gasteiger partial charge in [-0.25, -0.2) is 4.79 Å². The van der Waals surface area contributed by atoms with Gasteiger partial charge in [0.25, 0.3) is 0 Å². The molecule has 0 saturated heterocycles. The zero-order chi connectivity index (χ0) is 7.28. The first-order valence-corrected chi connectivity index (χ1v) is 2.35. The Morgan fingerprint density at radius 1 is 1.89 bits per heavy atom. The minimum absolute atomic E-state index is 0.0892. The van der Waals surface area contributed by atoms with Gasteiger partial charge in [-0.3, -0.25) is 4.79 Å². The molecule has 0 aromatic heterocycles. The van der Waals surface area contributed by atoms with Gasteiger partial charge < -0.3 is 16.2 Å². The first-order valence-electron chi connectivity index (χ1n) is 2.35. The van der Waals surface area contributed by atoms with Gasteiger partial charge in [0, 0.05) is 6.54 Å². The summed E-state index contributed by atoms with van der Waals surface area (Å²) in [6.45, 7) is -0.0892. The average Bonchev–Trinajstić information content (AvgIpc) is 1.82. The van der Waals surface area contributed by atoms with E-state index >= 15 is 0 Å². The third-order valence-corrected chi connectivity index (χ3v) is 0.803. The van der Waals surface area contributed by atoms with Crippen LogP contribution in [0.15, 0.2) is 0 Å². The molecule has 0 rings (SSSR count). The summed E-state index contributed by atoms with van der Waals surface area (Å²) in [7, 11) is 0. The molecule has 1 amide bonds. The van der Waals surface area contributed by atoms with Gasteiger partial charge >= 0.3 is 5.97 Å². The largest absolute Gasteiger partial charge is 0.480 e. The Balaban J connectivity index is 3.67. The number of carboxylic acid groups (broad SMARTS) is 1. The molecule has 5 heteroatoms. The van der Waals surface area contributed by atoms with Crippen LogP contribution in [0.3, 0.4) is 0 Å². The molecule has 5 nitrogen and oxygen atoms in total. The maximum absolute atomic E-state index is 10.0. The number of carboxylic acids is 1. The van der Waals surface area contributed by atoms with Gasteiger partial charge in [0.15, 0.2) is 0 Å². The van der Waals surface area contributed by atoms with Crippen molar-refractivity contribution in [3.8, 4) is 0 Å². The Kier molecular flexibility index (Phi) is 3.38. The van der Waals surface area contributed by atoms with Gasteiger partial charge in [-0.1, -0.05) is 0 Å². The van der Waals surface area contributed by atoms with Crippen LogP contribution in [0.5, 0.6) is 0 Å². The molecule has 0 aliphatic rings. The quantitative estimate of drug-likeness (QED) is 0.391. The van der Waals surface area contributed by atoms with E-state index in [1.54, 1.807) is 0 Å². The van der Waals surface area contributed by atoms with E-state index in [-0.39, 0.29) is 6.54 Å². The molecular formula is C4H8N2O3. The molecule has 0 fully saturated rings. The summed E-state index contributed by atoms with van der Waals surface area (Å²) in [4.78, 5) is 19.7. The van der Waals surface area contributed by atoms with Crippen LogP contribution >= 0.6 is 0 Å². The summed E-state index contributed by atoms with van der Waals surface area (Å²) < 4.78 is 0. The topological polar surface area (TPSA) is 92.4 Å². The van der Waals surface area contributed by atoms with Crippen molar-refractivity contribution in [3.05, 3.63) is 0 Å². The lowest BCUT2D eigenvalue weighted by molar-refractivity contribution is -0.140. The van der Waals surface area contributed by atoms with E-state index in [1.807, 2.05) is 5.32 Å². The van der Waals surface area contributed by atoms with Gasteiger partial charge in [0.1, 0.15) is 6.04 Å². The van der Waals surface area contributed by atoms with Crippen LogP contribution < -0.4 is 11.1 Å². The van der Waals surface area contributed by atoms with Crippen LogP contribution in [0.1, 0.15) is 0 Å². The predicted molar refractivity (Wildman–Crippen MR) is 29.7 cm³/mol. The van der Waals surface area contributed by atoms with Gasteiger partial charge in [-0.15, -0.1) is 0 Å². The van der Waals surface area contributed by atoms with Gasteiger partial charge in [-0.05, 0) is 0 Å². The Morgan fingerprint density at radius 2 is 2.44 bits per heavy atom. The van der Waals surface area contributed by atoms with E-state index in [4.69, 9.17) is 10.8 Å². The smallest absolute Gasteiger partial charge is 0.327 e. The number of aliphatic carboxylic acids is 1. The van der Waals surface area contributed by atoms with E-state index in [0.29, 0.717) is 6.41 Å². The van der Waals surface area contributed by atoms with Crippen molar-refractivity contribution in [2.45, 2.75) is 6.04 Å². The highest BCUT2D eigenvalue weighted by Gasteiger charge is 2.12. The molecule has 52 valence electrons. The minimum Gasteiger partial charge on any atom is -0.480 e. The summed E-state index contributed by atoms with van der Waals surface area (Å²) in [6, 6.07) is -0.956. The normalized spacial score (nSPS) is 12.1. The van der Waals surface area contributed by atoms with Crippen LogP contribution in [-0.2, 0) is 9.59 Å². The highest BCUT2D eigenvalue weighted by molar-refractivity contribution is 5.76. The highest BCUT2D eigenvalue weighted by Crippen LogP contribution is 1.75. The van der Waals surface area contributed by atoms with Crippen LogP contribution in [0.25, 0.3) is 0 Å². The number of hydrogen-bond acceptors (Lipinski definition) is 3. The molecular weight excluding hydrogens is 124 g/mol. The maximum Gasteiger partial charge on any atom is 0.327 e. The molecule has 0 unspecified atom stereocenters. The molecule has 4 N–H and O–H groups in total. The molecule has 0 aromatic carbocycles. The van der Waals surface area contributed by atoms with E-state index < -0.39 is 12.0 Å². The zero-order valence-electron chi connectivity index (χ0n) is 4.70. The van der Waals surface area contributed by atoms with Crippen molar-refractivity contribution in [1.82, 2.24) is 5.32 Å². The first-order chi connectivity index (χ1) is 4.22.